The Labute approximate surface area is 98.0 Å². The molecule has 0 aliphatic rings. The predicted molar refractivity (Wildman–Crippen MR) is 58.0 cm³/mol. The van der Waals surface area contributed by atoms with E-state index < -0.39 is 17.9 Å². The van der Waals surface area contributed by atoms with Crippen molar-refractivity contribution in [3.05, 3.63) is 35.9 Å². The van der Waals surface area contributed by atoms with E-state index in [2.05, 4.69) is 0 Å². The van der Waals surface area contributed by atoms with Crippen LogP contribution in [0.15, 0.2) is 30.3 Å². The van der Waals surface area contributed by atoms with E-state index in [1.165, 1.54) is 0 Å². The summed E-state index contributed by atoms with van der Waals surface area (Å²) in [5.74, 6) is -3.08. The molecule has 0 aromatic heterocycles. The maximum Gasteiger partial charge on any atom is 0.317 e. The number of benzene rings is 1. The Morgan fingerprint density at radius 2 is 1.94 bits per heavy atom. The first-order chi connectivity index (χ1) is 8.11. The van der Waals surface area contributed by atoms with E-state index >= 15 is 0 Å². The van der Waals surface area contributed by atoms with Crippen molar-refractivity contribution in [1.82, 2.24) is 0 Å². The number of hydrogen-bond acceptors (Lipinski definition) is 3. The summed E-state index contributed by atoms with van der Waals surface area (Å²) in [6, 6.07) is 7.45. The molecule has 0 fully saturated rings. The maximum atomic E-state index is 12.3. The van der Waals surface area contributed by atoms with Gasteiger partial charge in [0.25, 0.3) is 0 Å². The van der Waals surface area contributed by atoms with Crippen molar-refractivity contribution in [1.29, 1.82) is 0 Å². The van der Waals surface area contributed by atoms with E-state index in [0.29, 0.717) is 6.61 Å². The van der Waals surface area contributed by atoms with E-state index in [1.54, 1.807) is 0 Å². The summed E-state index contributed by atoms with van der Waals surface area (Å²) in [5, 5.41) is 8.54. The van der Waals surface area contributed by atoms with Crippen LogP contribution in [0.2, 0.25) is 0 Å². The fourth-order valence-corrected chi connectivity index (χ4v) is 1.30. The van der Waals surface area contributed by atoms with Crippen LogP contribution in [0.4, 0.5) is 4.39 Å². The number of aliphatic carboxylic acids is 1. The first-order valence-corrected chi connectivity index (χ1v) is 5.15. The summed E-state index contributed by atoms with van der Waals surface area (Å²) in [6.45, 7) is 0.342. The standard InChI is InChI=1S/C12H13FO4/c13-11(14)10(12(15)16)6-7-17-8-9-4-2-1-3-5-9/h1-5,10H,6-8H2,(H,15,16). The van der Waals surface area contributed by atoms with Gasteiger partial charge in [-0.3, -0.25) is 9.59 Å². The van der Waals surface area contributed by atoms with Crippen LogP contribution in [0.3, 0.4) is 0 Å². The van der Waals surface area contributed by atoms with Crippen LogP contribution in [0.5, 0.6) is 0 Å². The summed E-state index contributed by atoms with van der Waals surface area (Å²) in [6.07, 6.45) is -0.155. The minimum atomic E-state index is -1.83. The highest BCUT2D eigenvalue weighted by atomic mass is 19.1. The molecule has 1 N–H and O–H groups in total. The highest BCUT2D eigenvalue weighted by molar-refractivity contribution is 5.93. The Balaban J connectivity index is 2.28. The third-order valence-corrected chi connectivity index (χ3v) is 2.23. The van der Waals surface area contributed by atoms with Gasteiger partial charge in [0.2, 0.25) is 0 Å². The number of carbonyl (C=O) groups is 2. The molecule has 0 spiro atoms. The van der Waals surface area contributed by atoms with Crippen molar-refractivity contribution in [3.8, 4) is 0 Å². The topological polar surface area (TPSA) is 63.6 Å². The van der Waals surface area contributed by atoms with Gasteiger partial charge in [-0.1, -0.05) is 30.3 Å². The van der Waals surface area contributed by atoms with Crippen LogP contribution in [0, 0.1) is 5.92 Å². The molecule has 1 atom stereocenters. The predicted octanol–water partition coefficient (Wildman–Crippen LogP) is 1.79. The average molecular weight is 240 g/mol. The SMILES string of the molecule is O=C(O)C(CCOCc1ccccc1)C(=O)F. The van der Waals surface area contributed by atoms with Crippen molar-refractivity contribution < 1.29 is 23.8 Å². The van der Waals surface area contributed by atoms with E-state index in [-0.39, 0.29) is 13.0 Å². The minimum absolute atomic E-state index is 0.0293. The largest absolute Gasteiger partial charge is 0.481 e. The number of ether oxygens (including phenoxy) is 1. The summed E-state index contributed by atoms with van der Waals surface area (Å²) in [5.41, 5.74) is 0.936. The number of hydrogen-bond donors (Lipinski definition) is 1. The molecule has 0 aliphatic heterocycles. The van der Waals surface area contributed by atoms with Crippen molar-refractivity contribution in [2.45, 2.75) is 13.0 Å². The Kier molecular flexibility index (Phi) is 5.29. The Bertz CT molecular complexity index is 363. The summed E-state index contributed by atoms with van der Waals surface area (Å²) < 4.78 is 17.5. The van der Waals surface area contributed by atoms with Gasteiger partial charge in [0.05, 0.1) is 6.61 Å². The molecule has 92 valence electrons. The molecular formula is C12H13FO4. The van der Waals surface area contributed by atoms with Crippen LogP contribution < -0.4 is 0 Å². The van der Waals surface area contributed by atoms with Gasteiger partial charge in [-0.2, -0.15) is 4.39 Å². The average Bonchev–Trinajstić information content (AvgIpc) is 2.29. The lowest BCUT2D eigenvalue weighted by Gasteiger charge is -2.07. The van der Waals surface area contributed by atoms with Gasteiger partial charge < -0.3 is 9.84 Å². The lowest BCUT2D eigenvalue weighted by atomic mass is 10.1. The first kappa shape index (κ1) is 13.3. The molecule has 1 aromatic rings. The maximum absolute atomic E-state index is 12.3. The van der Waals surface area contributed by atoms with Gasteiger partial charge in [-0.05, 0) is 12.0 Å². The van der Waals surface area contributed by atoms with Crippen molar-refractivity contribution in [3.63, 3.8) is 0 Å². The molecule has 1 aromatic carbocycles. The molecule has 4 nitrogen and oxygen atoms in total. The van der Waals surface area contributed by atoms with Gasteiger partial charge in [-0.25, -0.2) is 0 Å². The Morgan fingerprint density at radius 1 is 1.29 bits per heavy atom. The van der Waals surface area contributed by atoms with Crippen molar-refractivity contribution in [2.75, 3.05) is 6.61 Å². The van der Waals surface area contributed by atoms with Gasteiger partial charge in [0.1, 0.15) is 5.92 Å². The fraction of sp³-hybridized carbons (Fsp3) is 0.333. The third-order valence-electron chi connectivity index (χ3n) is 2.23. The van der Waals surface area contributed by atoms with Crippen LogP contribution in [-0.4, -0.2) is 23.7 Å². The fourth-order valence-electron chi connectivity index (χ4n) is 1.30. The van der Waals surface area contributed by atoms with E-state index in [0.717, 1.165) is 5.56 Å². The molecule has 1 rings (SSSR count). The molecule has 17 heavy (non-hydrogen) atoms. The van der Waals surface area contributed by atoms with E-state index in [1.807, 2.05) is 30.3 Å². The Morgan fingerprint density at radius 3 is 2.47 bits per heavy atom. The van der Waals surface area contributed by atoms with Crippen molar-refractivity contribution in [2.24, 2.45) is 5.92 Å². The molecule has 0 radical (unpaired) electrons. The van der Waals surface area contributed by atoms with Crippen LogP contribution in [0.25, 0.3) is 0 Å². The minimum Gasteiger partial charge on any atom is -0.481 e. The highest BCUT2D eigenvalue weighted by Crippen LogP contribution is 2.08. The molecule has 0 saturated carbocycles. The van der Waals surface area contributed by atoms with E-state index in [9.17, 15) is 14.0 Å². The molecule has 0 amide bonds. The zero-order valence-electron chi connectivity index (χ0n) is 9.14. The third kappa shape index (κ3) is 4.74. The quantitative estimate of drug-likeness (QED) is 0.448. The second-order valence-corrected chi connectivity index (χ2v) is 3.52. The highest BCUT2D eigenvalue weighted by Gasteiger charge is 2.25. The zero-order valence-corrected chi connectivity index (χ0v) is 9.14. The van der Waals surface area contributed by atoms with Gasteiger partial charge in [-0.15, -0.1) is 0 Å². The second kappa shape index (κ2) is 6.75. The monoisotopic (exact) mass is 240 g/mol. The van der Waals surface area contributed by atoms with Crippen LogP contribution in [-0.2, 0) is 20.9 Å². The zero-order chi connectivity index (χ0) is 12.7. The van der Waals surface area contributed by atoms with E-state index in [4.69, 9.17) is 9.84 Å². The molecule has 1 unspecified atom stereocenters. The summed E-state index contributed by atoms with van der Waals surface area (Å²) in [7, 11) is 0. The number of carbonyl (C=O) groups excluding carboxylic acids is 1. The molecular weight excluding hydrogens is 227 g/mol. The van der Waals surface area contributed by atoms with Crippen LogP contribution in [0.1, 0.15) is 12.0 Å². The number of halogens is 1. The lowest BCUT2D eigenvalue weighted by molar-refractivity contribution is -0.151. The van der Waals surface area contributed by atoms with Gasteiger partial charge in [0.15, 0.2) is 0 Å². The lowest BCUT2D eigenvalue weighted by Crippen LogP contribution is -2.22. The molecule has 0 heterocycles. The second-order valence-electron chi connectivity index (χ2n) is 3.52. The number of carboxylic acids is 1. The first-order valence-electron chi connectivity index (χ1n) is 5.15. The smallest absolute Gasteiger partial charge is 0.317 e. The molecule has 0 bridgehead atoms. The van der Waals surface area contributed by atoms with Crippen LogP contribution >= 0.6 is 0 Å². The molecule has 5 heteroatoms. The molecule has 0 aliphatic carbocycles. The molecule has 0 saturated heterocycles. The van der Waals surface area contributed by atoms with Crippen molar-refractivity contribution >= 4 is 12.0 Å². The number of rotatable bonds is 7. The number of carboxylic acid groups (broad SMARTS) is 1. The normalized spacial score (nSPS) is 12.1. The van der Waals surface area contributed by atoms with Gasteiger partial charge in [0, 0.05) is 6.61 Å². The Hall–Kier alpha value is -1.75. The summed E-state index contributed by atoms with van der Waals surface area (Å²) in [4.78, 5) is 20.8. The summed E-state index contributed by atoms with van der Waals surface area (Å²) >= 11 is 0. The van der Waals surface area contributed by atoms with Gasteiger partial charge >= 0.3 is 12.0 Å².